The fourth-order valence-corrected chi connectivity index (χ4v) is 3.40. The molecular weight excluding hydrogens is 471 g/mol. The van der Waals surface area contributed by atoms with Crippen molar-refractivity contribution in [2.75, 3.05) is 39.5 Å². The van der Waals surface area contributed by atoms with Gasteiger partial charge in [0.05, 0.1) is 6.26 Å². The van der Waals surface area contributed by atoms with Crippen LogP contribution in [0.4, 0.5) is 0 Å². The lowest BCUT2D eigenvalue weighted by Crippen LogP contribution is -2.52. The van der Waals surface area contributed by atoms with E-state index in [4.69, 9.17) is 18.9 Å². The zero-order chi connectivity index (χ0) is 18.5. The third kappa shape index (κ3) is 5.11. The monoisotopic (exact) mass is 498 g/mol. The van der Waals surface area contributed by atoms with Gasteiger partial charge in [-0.05, 0) is 36.8 Å². The van der Waals surface area contributed by atoms with E-state index in [1.54, 1.807) is 6.26 Å². The second-order valence-electron chi connectivity index (χ2n) is 6.70. The molecule has 0 amide bonds. The van der Waals surface area contributed by atoms with Crippen molar-refractivity contribution in [1.82, 2.24) is 15.1 Å². The van der Waals surface area contributed by atoms with Crippen LogP contribution in [0.1, 0.15) is 18.2 Å². The van der Waals surface area contributed by atoms with Gasteiger partial charge in [0.25, 0.3) is 0 Å². The molecule has 28 heavy (non-hydrogen) atoms. The van der Waals surface area contributed by atoms with Crippen molar-refractivity contribution in [3.05, 3.63) is 47.9 Å². The molecule has 1 saturated heterocycles. The third-order valence-corrected chi connectivity index (χ3v) is 4.81. The Kier molecular flexibility index (Phi) is 7.43. The molecule has 0 saturated carbocycles. The fourth-order valence-electron chi connectivity index (χ4n) is 3.40. The molecule has 3 heterocycles. The van der Waals surface area contributed by atoms with Gasteiger partial charge in [0, 0.05) is 39.3 Å². The molecule has 8 heteroatoms. The molecule has 0 atom stereocenters. The summed E-state index contributed by atoms with van der Waals surface area (Å²) in [5.41, 5.74) is 1.26. The van der Waals surface area contributed by atoms with Gasteiger partial charge in [-0.3, -0.25) is 4.90 Å². The molecule has 1 fully saturated rings. The van der Waals surface area contributed by atoms with E-state index in [2.05, 4.69) is 34.2 Å². The van der Waals surface area contributed by atoms with Crippen molar-refractivity contribution in [3.63, 3.8) is 0 Å². The molecule has 0 spiro atoms. The summed E-state index contributed by atoms with van der Waals surface area (Å²) in [6.07, 6.45) is 1.69. The number of fused-ring (bicyclic) bond motifs is 1. The first-order valence-electron chi connectivity index (χ1n) is 9.48. The molecule has 0 bridgehead atoms. The highest BCUT2D eigenvalue weighted by Crippen LogP contribution is 2.32. The van der Waals surface area contributed by atoms with E-state index in [9.17, 15) is 0 Å². The Morgan fingerprint density at radius 1 is 1.11 bits per heavy atom. The van der Waals surface area contributed by atoms with E-state index >= 15 is 0 Å². The highest BCUT2D eigenvalue weighted by atomic mass is 127. The number of nitrogens with zero attached hydrogens (tertiary/aromatic N) is 3. The van der Waals surface area contributed by atoms with Crippen LogP contribution in [0.15, 0.2) is 46.0 Å². The third-order valence-electron chi connectivity index (χ3n) is 4.81. The first-order chi connectivity index (χ1) is 13.3. The average molecular weight is 498 g/mol. The summed E-state index contributed by atoms with van der Waals surface area (Å²) in [5, 5.41) is 3.39. The Morgan fingerprint density at radius 2 is 1.93 bits per heavy atom. The summed E-state index contributed by atoms with van der Waals surface area (Å²) in [6.45, 7) is 8.66. The van der Waals surface area contributed by atoms with E-state index in [0.29, 0.717) is 13.3 Å². The van der Waals surface area contributed by atoms with Crippen LogP contribution in [-0.4, -0.2) is 55.3 Å². The van der Waals surface area contributed by atoms with Crippen LogP contribution in [0.25, 0.3) is 0 Å². The average Bonchev–Trinajstić information content (AvgIpc) is 3.37. The maximum atomic E-state index is 5.48. The Bertz CT molecular complexity index is 774. The number of hydrogen-bond acceptors (Lipinski definition) is 5. The Balaban J connectivity index is 0.00000225. The summed E-state index contributed by atoms with van der Waals surface area (Å²) in [4.78, 5) is 9.50. The summed E-state index contributed by atoms with van der Waals surface area (Å²) < 4.78 is 16.3. The number of hydrogen-bond donors (Lipinski definition) is 1. The summed E-state index contributed by atoms with van der Waals surface area (Å²) in [7, 11) is 0. The number of rotatable bonds is 5. The van der Waals surface area contributed by atoms with E-state index in [1.807, 2.05) is 18.2 Å². The highest BCUT2D eigenvalue weighted by molar-refractivity contribution is 14.0. The van der Waals surface area contributed by atoms with Crippen LogP contribution >= 0.6 is 24.0 Å². The zero-order valence-corrected chi connectivity index (χ0v) is 18.4. The van der Waals surface area contributed by atoms with Crippen LogP contribution in [0.2, 0.25) is 0 Å². The predicted octanol–water partition coefficient (Wildman–Crippen LogP) is 2.91. The Labute approximate surface area is 182 Å². The van der Waals surface area contributed by atoms with Gasteiger partial charge in [0.15, 0.2) is 17.5 Å². The molecule has 0 aliphatic carbocycles. The van der Waals surface area contributed by atoms with Crippen LogP contribution in [0, 0.1) is 0 Å². The largest absolute Gasteiger partial charge is 0.467 e. The second-order valence-corrected chi connectivity index (χ2v) is 6.70. The molecule has 1 N–H and O–H groups in total. The lowest BCUT2D eigenvalue weighted by atomic mass is 10.1. The van der Waals surface area contributed by atoms with E-state index in [-0.39, 0.29) is 24.0 Å². The molecule has 7 nitrogen and oxygen atoms in total. The molecule has 1 aromatic heterocycles. The summed E-state index contributed by atoms with van der Waals surface area (Å²) in [5.74, 6) is 3.53. The molecule has 2 aliphatic rings. The summed E-state index contributed by atoms with van der Waals surface area (Å²) >= 11 is 0. The van der Waals surface area contributed by atoms with Gasteiger partial charge in [0.1, 0.15) is 12.3 Å². The van der Waals surface area contributed by atoms with E-state index in [1.165, 1.54) is 5.56 Å². The quantitative estimate of drug-likeness (QED) is 0.389. The SMILES string of the molecule is CCNC(=NCc1ccco1)N1CCN(Cc2ccc3c(c2)OCO3)CC1.I. The van der Waals surface area contributed by atoms with Gasteiger partial charge in [-0.15, -0.1) is 24.0 Å². The van der Waals surface area contributed by atoms with Crippen molar-refractivity contribution in [3.8, 4) is 11.5 Å². The molecule has 152 valence electrons. The molecular formula is C20H27IN4O3. The lowest BCUT2D eigenvalue weighted by Gasteiger charge is -2.36. The van der Waals surface area contributed by atoms with Gasteiger partial charge in [-0.1, -0.05) is 6.07 Å². The Hall–Kier alpha value is -1.94. The number of ether oxygens (including phenoxy) is 2. The molecule has 2 aromatic rings. The van der Waals surface area contributed by atoms with Gasteiger partial charge in [-0.2, -0.15) is 0 Å². The van der Waals surface area contributed by atoms with Crippen molar-refractivity contribution in [2.45, 2.75) is 20.0 Å². The minimum absolute atomic E-state index is 0. The fraction of sp³-hybridized carbons (Fsp3) is 0.450. The van der Waals surface area contributed by atoms with Crippen LogP contribution in [-0.2, 0) is 13.1 Å². The summed E-state index contributed by atoms with van der Waals surface area (Å²) in [6, 6.07) is 10.1. The Morgan fingerprint density at radius 3 is 2.68 bits per heavy atom. The van der Waals surface area contributed by atoms with Gasteiger partial charge in [0.2, 0.25) is 6.79 Å². The minimum atomic E-state index is 0. The predicted molar refractivity (Wildman–Crippen MR) is 118 cm³/mol. The number of aliphatic imine (C=N–C) groups is 1. The van der Waals surface area contributed by atoms with Crippen LogP contribution in [0.3, 0.4) is 0 Å². The van der Waals surface area contributed by atoms with Crippen molar-refractivity contribution in [1.29, 1.82) is 0 Å². The highest BCUT2D eigenvalue weighted by Gasteiger charge is 2.21. The van der Waals surface area contributed by atoms with Crippen LogP contribution < -0.4 is 14.8 Å². The number of benzene rings is 1. The van der Waals surface area contributed by atoms with Crippen LogP contribution in [0.5, 0.6) is 11.5 Å². The molecule has 1 aromatic carbocycles. The molecule has 2 aliphatic heterocycles. The van der Waals surface area contributed by atoms with Crippen molar-refractivity contribution < 1.29 is 13.9 Å². The van der Waals surface area contributed by atoms with E-state index < -0.39 is 0 Å². The molecule has 0 unspecified atom stereocenters. The van der Waals surface area contributed by atoms with Crippen molar-refractivity contribution in [2.24, 2.45) is 4.99 Å². The molecule has 4 rings (SSSR count). The zero-order valence-electron chi connectivity index (χ0n) is 16.1. The van der Waals surface area contributed by atoms with Crippen molar-refractivity contribution >= 4 is 29.9 Å². The maximum absolute atomic E-state index is 5.48. The number of guanidine groups is 1. The molecule has 0 radical (unpaired) electrons. The second kappa shape index (κ2) is 10.0. The normalized spacial score (nSPS) is 16.8. The topological polar surface area (TPSA) is 62.5 Å². The first-order valence-corrected chi connectivity index (χ1v) is 9.48. The lowest BCUT2D eigenvalue weighted by molar-refractivity contribution is 0.171. The number of halogens is 1. The number of piperazine rings is 1. The van der Waals surface area contributed by atoms with Gasteiger partial charge in [-0.25, -0.2) is 4.99 Å². The van der Waals surface area contributed by atoms with Gasteiger partial charge >= 0.3 is 0 Å². The number of furan rings is 1. The van der Waals surface area contributed by atoms with E-state index in [0.717, 1.165) is 62.5 Å². The first kappa shape index (κ1) is 20.8. The van der Waals surface area contributed by atoms with Gasteiger partial charge < -0.3 is 24.1 Å². The standard InChI is InChI=1S/C20H26N4O3.HI/c1-2-21-20(22-13-17-4-3-11-25-17)24-9-7-23(8-10-24)14-16-5-6-18-19(12-16)27-15-26-18;/h3-6,11-12H,2,7-10,13-15H2,1H3,(H,21,22);1H. The maximum Gasteiger partial charge on any atom is 0.231 e. The minimum Gasteiger partial charge on any atom is -0.467 e. The number of nitrogens with one attached hydrogen (secondary N) is 1. The smallest absolute Gasteiger partial charge is 0.231 e.